The Hall–Kier alpha value is -0.430. The van der Waals surface area contributed by atoms with Gasteiger partial charge in [-0.25, -0.2) is 4.98 Å². The molecule has 2 N–H and O–H groups in total. The zero-order valence-corrected chi connectivity index (χ0v) is 11.7. The number of aromatic nitrogens is 1. The standard InChI is InChI=1S/C11H14BrNO3S/c1-7(14)17-6-4-9(15)10(16)8-3-2-5-13-11(8)12/h2-3,5,9-10,15-16H,4,6H2,1H3. The normalized spacial score (nSPS) is 14.4. The molecule has 1 aromatic rings. The van der Waals surface area contributed by atoms with Crippen molar-refractivity contribution in [2.75, 3.05) is 5.75 Å². The lowest BCUT2D eigenvalue weighted by molar-refractivity contribution is -0.109. The molecule has 0 aliphatic rings. The van der Waals surface area contributed by atoms with Crippen LogP contribution in [0.4, 0.5) is 0 Å². The van der Waals surface area contributed by atoms with Crippen molar-refractivity contribution in [1.29, 1.82) is 0 Å². The van der Waals surface area contributed by atoms with Gasteiger partial charge in [0.25, 0.3) is 0 Å². The molecule has 0 aliphatic carbocycles. The molecule has 0 amide bonds. The van der Waals surface area contributed by atoms with E-state index in [-0.39, 0.29) is 5.12 Å². The maximum absolute atomic E-state index is 10.7. The predicted octanol–water partition coefficient (Wildman–Crippen LogP) is 1.91. The monoisotopic (exact) mass is 319 g/mol. The number of aliphatic hydroxyl groups is 2. The first-order chi connectivity index (χ1) is 8.02. The number of carbonyl (C=O) groups is 1. The van der Waals surface area contributed by atoms with E-state index in [1.165, 1.54) is 6.92 Å². The fourth-order valence-electron chi connectivity index (χ4n) is 1.31. The lowest BCUT2D eigenvalue weighted by Gasteiger charge is -2.18. The van der Waals surface area contributed by atoms with Crippen LogP contribution in [-0.4, -0.2) is 32.2 Å². The van der Waals surface area contributed by atoms with Gasteiger partial charge in [0.1, 0.15) is 10.7 Å². The highest BCUT2D eigenvalue weighted by atomic mass is 79.9. The van der Waals surface area contributed by atoms with Gasteiger partial charge in [0.2, 0.25) is 0 Å². The van der Waals surface area contributed by atoms with Crippen molar-refractivity contribution >= 4 is 32.8 Å². The van der Waals surface area contributed by atoms with Crippen molar-refractivity contribution < 1.29 is 15.0 Å². The Bertz CT molecular complexity index is 389. The van der Waals surface area contributed by atoms with E-state index < -0.39 is 12.2 Å². The molecule has 6 heteroatoms. The number of halogens is 1. The lowest BCUT2D eigenvalue weighted by atomic mass is 10.1. The van der Waals surface area contributed by atoms with Gasteiger partial charge in [0, 0.05) is 24.4 Å². The van der Waals surface area contributed by atoms with Gasteiger partial charge in [-0.05, 0) is 28.4 Å². The first-order valence-corrected chi connectivity index (χ1v) is 6.90. The molecule has 0 fully saturated rings. The average molecular weight is 320 g/mol. The van der Waals surface area contributed by atoms with Gasteiger partial charge in [-0.3, -0.25) is 4.79 Å². The number of rotatable bonds is 5. The van der Waals surface area contributed by atoms with Gasteiger partial charge in [0.05, 0.1) is 6.10 Å². The summed E-state index contributed by atoms with van der Waals surface area (Å²) in [5.41, 5.74) is 0.549. The van der Waals surface area contributed by atoms with E-state index in [1.54, 1.807) is 18.3 Å². The van der Waals surface area contributed by atoms with Gasteiger partial charge < -0.3 is 10.2 Å². The molecule has 0 bridgehead atoms. The number of pyridine rings is 1. The summed E-state index contributed by atoms with van der Waals surface area (Å²) < 4.78 is 0.519. The van der Waals surface area contributed by atoms with Crippen LogP contribution in [0.25, 0.3) is 0 Å². The van der Waals surface area contributed by atoms with Crippen molar-refractivity contribution in [2.24, 2.45) is 0 Å². The van der Waals surface area contributed by atoms with Crippen molar-refractivity contribution in [3.8, 4) is 0 Å². The molecule has 0 saturated carbocycles. The highest BCUT2D eigenvalue weighted by Gasteiger charge is 2.20. The first-order valence-electron chi connectivity index (χ1n) is 5.12. The third-order valence-corrected chi connectivity index (χ3v) is 3.70. The van der Waals surface area contributed by atoms with E-state index in [2.05, 4.69) is 20.9 Å². The lowest BCUT2D eigenvalue weighted by Crippen LogP contribution is -2.19. The number of thioether (sulfide) groups is 1. The summed E-state index contributed by atoms with van der Waals surface area (Å²) in [6, 6.07) is 3.39. The average Bonchev–Trinajstić information content (AvgIpc) is 2.28. The van der Waals surface area contributed by atoms with Gasteiger partial charge in [-0.15, -0.1) is 0 Å². The summed E-state index contributed by atoms with van der Waals surface area (Å²) in [6.07, 6.45) is 0.0541. The predicted molar refractivity (Wildman–Crippen MR) is 70.7 cm³/mol. The minimum absolute atomic E-state index is 0.00856. The van der Waals surface area contributed by atoms with E-state index in [4.69, 9.17) is 0 Å². The fourth-order valence-corrected chi connectivity index (χ4v) is 2.44. The quantitative estimate of drug-likeness (QED) is 0.811. The number of nitrogens with zero attached hydrogens (tertiary/aromatic N) is 1. The molecule has 2 unspecified atom stereocenters. The topological polar surface area (TPSA) is 70.4 Å². The van der Waals surface area contributed by atoms with E-state index in [0.717, 1.165) is 11.8 Å². The summed E-state index contributed by atoms with van der Waals surface area (Å²) in [5.74, 6) is 0.492. The molecule has 1 rings (SSSR count). The number of aliphatic hydroxyl groups excluding tert-OH is 2. The molecule has 2 atom stereocenters. The molecule has 1 aromatic heterocycles. The molecule has 94 valence electrons. The third kappa shape index (κ3) is 4.75. The largest absolute Gasteiger partial charge is 0.390 e. The summed E-state index contributed by atoms with van der Waals surface area (Å²) in [5, 5.41) is 19.7. The molecular weight excluding hydrogens is 306 g/mol. The van der Waals surface area contributed by atoms with Crippen LogP contribution in [0.2, 0.25) is 0 Å². The van der Waals surface area contributed by atoms with Crippen molar-refractivity contribution in [3.63, 3.8) is 0 Å². The molecular formula is C11H14BrNO3S. The maximum Gasteiger partial charge on any atom is 0.185 e. The van der Waals surface area contributed by atoms with E-state index >= 15 is 0 Å². The number of hydrogen-bond acceptors (Lipinski definition) is 5. The second-order valence-electron chi connectivity index (χ2n) is 3.52. The molecule has 0 radical (unpaired) electrons. The van der Waals surface area contributed by atoms with Crippen LogP contribution < -0.4 is 0 Å². The summed E-state index contributed by atoms with van der Waals surface area (Å²) >= 11 is 4.35. The van der Waals surface area contributed by atoms with E-state index in [1.807, 2.05) is 0 Å². The second kappa shape index (κ2) is 7.10. The Kier molecular flexibility index (Phi) is 6.11. The molecule has 0 aliphatic heterocycles. The zero-order valence-electron chi connectivity index (χ0n) is 9.34. The Morgan fingerprint density at radius 3 is 2.88 bits per heavy atom. The molecule has 0 saturated heterocycles. The molecule has 4 nitrogen and oxygen atoms in total. The Morgan fingerprint density at radius 1 is 1.59 bits per heavy atom. The van der Waals surface area contributed by atoms with Gasteiger partial charge >= 0.3 is 0 Å². The number of hydrogen-bond donors (Lipinski definition) is 2. The van der Waals surface area contributed by atoms with Crippen LogP contribution in [0.15, 0.2) is 22.9 Å². The summed E-state index contributed by atoms with van der Waals surface area (Å²) in [7, 11) is 0. The Labute approximate surface area is 113 Å². The number of carbonyl (C=O) groups excluding carboxylic acids is 1. The van der Waals surface area contributed by atoms with Crippen LogP contribution in [0.1, 0.15) is 25.0 Å². The van der Waals surface area contributed by atoms with Crippen LogP contribution in [-0.2, 0) is 4.79 Å². The smallest absolute Gasteiger partial charge is 0.185 e. The van der Waals surface area contributed by atoms with Gasteiger partial charge in [-0.2, -0.15) is 0 Å². The highest BCUT2D eigenvalue weighted by Crippen LogP contribution is 2.25. The summed E-state index contributed by atoms with van der Waals surface area (Å²) in [6.45, 7) is 1.48. The molecule has 0 aromatic carbocycles. The molecule has 1 heterocycles. The van der Waals surface area contributed by atoms with E-state index in [0.29, 0.717) is 22.3 Å². The van der Waals surface area contributed by atoms with Crippen LogP contribution in [0.3, 0.4) is 0 Å². The Morgan fingerprint density at radius 2 is 2.29 bits per heavy atom. The summed E-state index contributed by atoms with van der Waals surface area (Å²) in [4.78, 5) is 14.7. The van der Waals surface area contributed by atoms with Crippen LogP contribution >= 0.6 is 27.7 Å². The minimum atomic E-state index is -0.995. The van der Waals surface area contributed by atoms with Crippen molar-refractivity contribution in [1.82, 2.24) is 4.98 Å². The van der Waals surface area contributed by atoms with Gasteiger partial charge in [0.15, 0.2) is 5.12 Å². The second-order valence-corrected chi connectivity index (χ2v) is 5.55. The fraction of sp³-hybridized carbons (Fsp3) is 0.455. The van der Waals surface area contributed by atoms with E-state index in [9.17, 15) is 15.0 Å². The van der Waals surface area contributed by atoms with Crippen molar-refractivity contribution in [2.45, 2.75) is 25.6 Å². The van der Waals surface area contributed by atoms with Crippen LogP contribution in [0.5, 0.6) is 0 Å². The SMILES string of the molecule is CC(=O)SCCC(O)C(O)c1cccnc1Br. The molecule has 17 heavy (non-hydrogen) atoms. The van der Waals surface area contributed by atoms with Crippen molar-refractivity contribution in [3.05, 3.63) is 28.5 Å². The Balaban J connectivity index is 2.55. The molecule has 0 spiro atoms. The van der Waals surface area contributed by atoms with Gasteiger partial charge in [-0.1, -0.05) is 17.8 Å². The highest BCUT2D eigenvalue weighted by molar-refractivity contribution is 9.10. The maximum atomic E-state index is 10.7. The van der Waals surface area contributed by atoms with Crippen LogP contribution in [0, 0.1) is 0 Å². The zero-order chi connectivity index (χ0) is 12.8. The minimum Gasteiger partial charge on any atom is -0.390 e. The first kappa shape index (κ1) is 14.6. The third-order valence-electron chi connectivity index (χ3n) is 2.19.